The second-order valence-electron chi connectivity index (χ2n) is 6.67. The van der Waals surface area contributed by atoms with Gasteiger partial charge in [-0.25, -0.2) is 17.8 Å². The van der Waals surface area contributed by atoms with Crippen LogP contribution >= 0.6 is 0 Å². The summed E-state index contributed by atoms with van der Waals surface area (Å²) in [5.41, 5.74) is -5.48. The van der Waals surface area contributed by atoms with Crippen molar-refractivity contribution in [1.29, 1.82) is 0 Å². The lowest BCUT2D eigenvalue weighted by Gasteiger charge is -2.09. The normalized spacial score (nSPS) is 12.0. The van der Waals surface area contributed by atoms with Gasteiger partial charge in [0.15, 0.2) is 0 Å². The third-order valence-corrected chi connectivity index (χ3v) is 6.29. The molecule has 0 saturated heterocycles. The molecule has 3 rings (SSSR count). The van der Waals surface area contributed by atoms with Crippen molar-refractivity contribution in [3.63, 3.8) is 0 Å². The fraction of sp³-hybridized carbons (Fsp3) is 0.211. The minimum Gasteiger partial charge on any atom is -0.493 e. The van der Waals surface area contributed by atoms with E-state index in [2.05, 4.69) is 10.3 Å². The maximum Gasteiger partial charge on any atom is 0.501 e. The van der Waals surface area contributed by atoms with Crippen LogP contribution in [0.4, 0.5) is 13.2 Å². The summed E-state index contributed by atoms with van der Waals surface area (Å²) in [7, 11) is -4.12. The molecule has 0 saturated carbocycles. The predicted octanol–water partition coefficient (Wildman–Crippen LogP) is 1.75. The highest BCUT2D eigenvalue weighted by molar-refractivity contribution is 7.92. The Bertz CT molecular complexity index is 1340. The van der Waals surface area contributed by atoms with Gasteiger partial charge in [-0.1, -0.05) is 0 Å². The van der Waals surface area contributed by atoms with Gasteiger partial charge in [0.1, 0.15) is 0 Å². The van der Waals surface area contributed by atoms with E-state index >= 15 is 0 Å². The van der Waals surface area contributed by atoms with Gasteiger partial charge >= 0.3 is 11.2 Å². The van der Waals surface area contributed by atoms with E-state index in [1.54, 1.807) is 0 Å². The number of carbonyl (C=O) groups is 1. The van der Waals surface area contributed by atoms with Crippen LogP contribution in [0.1, 0.15) is 21.6 Å². The van der Waals surface area contributed by atoms with Gasteiger partial charge in [0.25, 0.3) is 15.7 Å². The molecule has 2 heterocycles. The van der Waals surface area contributed by atoms with Gasteiger partial charge in [-0.2, -0.15) is 13.2 Å². The first-order valence-electron chi connectivity index (χ1n) is 8.98. The Morgan fingerprint density at radius 3 is 2.38 bits per heavy atom. The van der Waals surface area contributed by atoms with E-state index in [9.17, 15) is 36.3 Å². The van der Waals surface area contributed by atoms with Gasteiger partial charge in [-0.05, 0) is 42.8 Å². The number of alkyl halides is 3. The van der Waals surface area contributed by atoms with E-state index in [0.717, 1.165) is 21.3 Å². The van der Waals surface area contributed by atoms with E-state index in [0.29, 0.717) is 17.7 Å². The van der Waals surface area contributed by atoms with Crippen molar-refractivity contribution in [3.05, 3.63) is 70.0 Å². The number of pyridine rings is 1. The minimum atomic E-state index is -5.55. The summed E-state index contributed by atoms with van der Waals surface area (Å²) < 4.78 is 63.2. The highest BCUT2D eigenvalue weighted by Gasteiger charge is 2.46. The molecule has 3 aromatic rings. The van der Waals surface area contributed by atoms with Gasteiger partial charge in [-0.15, -0.1) is 0 Å². The van der Waals surface area contributed by atoms with Crippen molar-refractivity contribution < 1.29 is 31.5 Å². The lowest BCUT2D eigenvalue weighted by atomic mass is 10.1. The van der Waals surface area contributed by atoms with Gasteiger partial charge in [0, 0.05) is 19.4 Å². The topological polar surface area (TPSA) is 123 Å². The van der Waals surface area contributed by atoms with E-state index in [-0.39, 0.29) is 23.5 Å². The number of imidazole rings is 1. The first kappa shape index (κ1) is 23.1. The van der Waals surface area contributed by atoms with Crippen LogP contribution in [0.25, 0.3) is 5.69 Å². The van der Waals surface area contributed by atoms with Crippen LogP contribution < -0.4 is 11.0 Å². The molecule has 0 atom stereocenters. The number of rotatable bonds is 5. The van der Waals surface area contributed by atoms with Crippen LogP contribution in [-0.2, 0) is 16.4 Å². The Balaban J connectivity index is 2.05. The molecular formula is C19H17F3N4O5S. The van der Waals surface area contributed by atoms with Crippen molar-refractivity contribution >= 4 is 15.7 Å². The fourth-order valence-electron chi connectivity index (χ4n) is 3.03. The Labute approximate surface area is 179 Å². The SMILES string of the molecule is CNC(=O)c1cnccc1Cn1c(C)c(O)n(-c2ccc(S(=O)(=O)C(F)(F)F)cc2)c1=O. The third-order valence-electron chi connectivity index (χ3n) is 4.78. The van der Waals surface area contributed by atoms with Crippen LogP contribution in [-0.4, -0.2) is 46.1 Å². The molecule has 0 bridgehead atoms. The zero-order chi connectivity index (χ0) is 23.8. The average Bonchev–Trinajstić information content (AvgIpc) is 2.96. The van der Waals surface area contributed by atoms with Crippen molar-refractivity contribution in [1.82, 2.24) is 19.4 Å². The molecule has 0 radical (unpaired) electrons. The molecule has 0 unspecified atom stereocenters. The second kappa shape index (κ2) is 8.15. The highest BCUT2D eigenvalue weighted by atomic mass is 32.2. The molecule has 32 heavy (non-hydrogen) atoms. The lowest BCUT2D eigenvalue weighted by Crippen LogP contribution is -2.26. The Kier molecular flexibility index (Phi) is 5.87. The van der Waals surface area contributed by atoms with E-state index in [1.165, 1.54) is 32.4 Å². The highest BCUT2D eigenvalue weighted by Crippen LogP contribution is 2.31. The first-order valence-corrected chi connectivity index (χ1v) is 10.5. The van der Waals surface area contributed by atoms with E-state index in [1.807, 2.05) is 0 Å². The number of benzene rings is 1. The fourth-order valence-corrected chi connectivity index (χ4v) is 3.80. The molecule has 2 N–H and O–H groups in total. The zero-order valence-electron chi connectivity index (χ0n) is 16.7. The number of nitrogens with zero attached hydrogens (tertiary/aromatic N) is 3. The molecule has 9 nitrogen and oxygen atoms in total. The van der Waals surface area contributed by atoms with Gasteiger partial charge in [-0.3, -0.25) is 14.3 Å². The molecule has 0 aliphatic carbocycles. The number of hydrogen-bond acceptors (Lipinski definition) is 6. The summed E-state index contributed by atoms with van der Waals surface area (Å²) in [6.07, 6.45) is 2.75. The number of halogens is 3. The Hall–Kier alpha value is -3.61. The Morgan fingerprint density at radius 2 is 1.81 bits per heavy atom. The van der Waals surface area contributed by atoms with Gasteiger partial charge in [0.05, 0.1) is 28.4 Å². The molecular weight excluding hydrogens is 453 g/mol. The van der Waals surface area contributed by atoms with Crippen LogP contribution in [0.3, 0.4) is 0 Å². The lowest BCUT2D eigenvalue weighted by molar-refractivity contribution is -0.0436. The average molecular weight is 470 g/mol. The summed E-state index contributed by atoms with van der Waals surface area (Å²) in [6.45, 7) is 1.34. The first-order chi connectivity index (χ1) is 14.9. The maximum absolute atomic E-state index is 13.0. The zero-order valence-corrected chi connectivity index (χ0v) is 17.5. The van der Waals surface area contributed by atoms with E-state index in [4.69, 9.17) is 0 Å². The van der Waals surface area contributed by atoms with E-state index < -0.39 is 37.7 Å². The van der Waals surface area contributed by atoms with Crippen LogP contribution in [0.5, 0.6) is 5.88 Å². The van der Waals surface area contributed by atoms with Crippen molar-refractivity contribution in [3.8, 4) is 11.6 Å². The molecule has 2 aromatic heterocycles. The van der Waals surface area contributed by atoms with Crippen molar-refractivity contribution in [2.75, 3.05) is 7.05 Å². The summed E-state index contributed by atoms with van der Waals surface area (Å²) in [5, 5.41) is 12.9. The molecule has 0 spiro atoms. The number of amides is 1. The summed E-state index contributed by atoms with van der Waals surface area (Å²) in [6, 6.07) is 4.88. The molecule has 1 amide bonds. The monoisotopic (exact) mass is 470 g/mol. The molecule has 1 aromatic carbocycles. The predicted molar refractivity (Wildman–Crippen MR) is 106 cm³/mol. The van der Waals surface area contributed by atoms with Crippen LogP contribution in [0.2, 0.25) is 0 Å². The molecule has 0 aliphatic heterocycles. The number of nitrogens with one attached hydrogen (secondary N) is 1. The quantitative estimate of drug-likeness (QED) is 0.586. The van der Waals surface area contributed by atoms with Gasteiger partial charge < -0.3 is 10.4 Å². The Morgan fingerprint density at radius 1 is 1.19 bits per heavy atom. The molecule has 0 fully saturated rings. The number of aromatic nitrogens is 3. The maximum atomic E-state index is 13.0. The van der Waals surface area contributed by atoms with Crippen molar-refractivity contribution in [2.45, 2.75) is 23.9 Å². The molecule has 13 heteroatoms. The number of carbonyl (C=O) groups excluding carboxylic acids is 1. The summed E-state index contributed by atoms with van der Waals surface area (Å²) in [5.74, 6) is -0.916. The van der Waals surface area contributed by atoms with Gasteiger partial charge in [0.2, 0.25) is 5.88 Å². The summed E-state index contributed by atoms with van der Waals surface area (Å²) in [4.78, 5) is 27.9. The second-order valence-corrected chi connectivity index (χ2v) is 8.61. The molecule has 170 valence electrons. The number of sulfone groups is 1. The standard InChI is InChI=1S/C19H17F3N4O5S/c1-11-17(28)26(13-3-5-14(6-4-13)32(30,31)19(20,21)22)18(29)25(11)10-12-7-8-24-9-15(12)16(27)23-2/h3-9,28H,10H2,1-2H3,(H,23,27). The summed E-state index contributed by atoms with van der Waals surface area (Å²) >= 11 is 0. The van der Waals surface area contributed by atoms with Crippen LogP contribution in [0, 0.1) is 6.92 Å². The number of hydrogen-bond donors (Lipinski definition) is 2. The smallest absolute Gasteiger partial charge is 0.493 e. The van der Waals surface area contributed by atoms with Crippen LogP contribution in [0.15, 0.2) is 52.4 Å². The largest absolute Gasteiger partial charge is 0.501 e. The third kappa shape index (κ3) is 3.86. The number of aromatic hydroxyl groups is 1. The molecule has 0 aliphatic rings. The van der Waals surface area contributed by atoms with Crippen molar-refractivity contribution in [2.24, 2.45) is 0 Å². The minimum absolute atomic E-state index is 0.0447.